The van der Waals surface area contributed by atoms with Crippen molar-refractivity contribution in [2.75, 3.05) is 47.5 Å². The van der Waals surface area contributed by atoms with Gasteiger partial charge < -0.3 is 33.3 Å². The van der Waals surface area contributed by atoms with E-state index in [4.69, 9.17) is 18.9 Å². The number of hydrogen-bond donors (Lipinski definition) is 0. The lowest BCUT2D eigenvalue weighted by Gasteiger charge is -2.26. The lowest BCUT2D eigenvalue weighted by molar-refractivity contribution is -0.870. The number of carbonyl (C=O) groups excluding carboxylic acids is 3. The lowest BCUT2D eigenvalue weighted by Crippen LogP contribution is -2.44. The first kappa shape index (κ1) is 59.3. The summed E-state index contributed by atoms with van der Waals surface area (Å²) in [6.07, 6.45) is 44.2. The summed E-state index contributed by atoms with van der Waals surface area (Å²) < 4.78 is 22.7. The molecular weight excluding hydrogens is 767 g/mol. The summed E-state index contributed by atoms with van der Waals surface area (Å²) in [6.45, 7) is 4.80. The van der Waals surface area contributed by atoms with E-state index >= 15 is 0 Å². The number of rotatable bonds is 49. The summed E-state index contributed by atoms with van der Waals surface area (Å²) in [6, 6.07) is 0. The van der Waals surface area contributed by atoms with Crippen LogP contribution in [-0.2, 0) is 33.3 Å². The SMILES string of the molecule is CCCCCCCCCCCCCCCCCCCCCCCC(=O)OC(COC(=O)CCCCCCCCCCCCCCCCC)COC(OCC[N+](C)(C)C)C(=O)[O-]. The Morgan fingerprint density at radius 2 is 0.738 bits per heavy atom. The minimum absolute atomic E-state index is 0.153. The van der Waals surface area contributed by atoms with E-state index < -0.39 is 24.3 Å². The van der Waals surface area contributed by atoms with Crippen LogP contribution >= 0.6 is 0 Å². The number of unbranched alkanes of at least 4 members (excludes halogenated alkanes) is 34. The number of quaternary nitrogens is 1. The van der Waals surface area contributed by atoms with Crippen molar-refractivity contribution in [3.8, 4) is 0 Å². The number of esters is 2. The number of hydrogen-bond acceptors (Lipinski definition) is 8. The number of carboxylic acid groups (broad SMARTS) is 1. The van der Waals surface area contributed by atoms with Crippen molar-refractivity contribution in [1.82, 2.24) is 0 Å². The van der Waals surface area contributed by atoms with Crippen LogP contribution in [-0.4, -0.2) is 82.3 Å². The number of carbonyl (C=O) groups is 3. The van der Waals surface area contributed by atoms with E-state index in [2.05, 4.69) is 13.8 Å². The standard InChI is InChI=1S/C52H101NO8/c1-6-8-10-12-14-16-18-20-22-23-24-25-26-27-29-31-33-35-37-39-41-43-50(55)61-48(47-60-52(51(56)57)58-45-44-53(3,4)5)46-59-49(54)42-40-38-36-34-32-30-28-21-19-17-15-13-11-9-7-2/h48,52H,6-47H2,1-5H3. The average Bonchev–Trinajstić information content (AvgIpc) is 3.22. The molecule has 362 valence electrons. The monoisotopic (exact) mass is 868 g/mol. The predicted octanol–water partition coefficient (Wildman–Crippen LogP) is 13.1. The van der Waals surface area contributed by atoms with Crippen LogP contribution in [0.3, 0.4) is 0 Å². The van der Waals surface area contributed by atoms with Crippen molar-refractivity contribution in [3.63, 3.8) is 0 Å². The van der Waals surface area contributed by atoms with Gasteiger partial charge in [-0.15, -0.1) is 0 Å². The maximum atomic E-state index is 12.8. The first-order valence-corrected chi connectivity index (χ1v) is 26.2. The molecular formula is C52H101NO8. The Morgan fingerprint density at radius 1 is 0.426 bits per heavy atom. The highest BCUT2D eigenvalue weighted by Crippen LogP contribution is 2.17. The van der Waals surface area contributed by atoms with Crippen LogP contribution in [0.4, 0.5) is 0 Å². The Kier molecular flexibility index (Phi) is 43.6. The molecule has 0 radical (unpaired) electrons. The Hall–Kier alpha value is -1.71. The molecule has 0 aliphatic heterocycles. The Bertz CT molecular complexity index is 970. The van der Waals surface area contributed by atoms with Crippen LogP contribution in [0.5, 0.6) is 0 Å². The molecule has 0 aliphatic carbocycles. The highest BCUT2D eigenvalue weighted by Gasteiger charge is 2.22. The first-order valence-electron chi connectivity index (χ1n) is 26.2. The first-order chi connectivity index (χ1) is 29.6. The topological polar surface area (TPSA) is 111 Å². The van der Waals surface area contributed by atoms with Crippen molar-refractivity contribution in [2.45, 2.75) is 270 Å². The molecule has 61 heavy (non-hydrogen) atoms. The number of carboxylic acids is 1. The molecule has 9 heteroatoms. The van der Waals surface area contributed by atoms with Crippen LogP contribution in [0.1, 0.15) is 258 Å². The average molecular weight is 868 g/mol. The van der Waals surface area contributed by atoms with Crippen molar-refractivity contribution in [3.05, 3.63) is 0 Å². The minimum atomic E-state index is -1.61. The van der Waals surface area contributed by atoms with E-state index in [-0.39, 0.29) is 32.2 Å². The Labute approximate surface area is 377 Å². The molecule has 0 saturated carbocycles. The van der Waals surface area contributed by atoms with Crippen molar-refractivity contribution in [2.24, 2.45) is 0 Å². The molecule has 9 nitrogen and oxygen atoms in total. The van der Waals surface area contributed by atoms with Gasteiger partial charge in [0.1, 0.15) is 13.2 Å². The van der Waals surface area contributed by atoms with Gasteiger partial charge >= 0.3 is 11.9 Å². The summed E-state index contributed by atoms with van der Waals surface area (Å²) in [5, 5.41) is 11.7. The van der Waals surface area contributed by atoms with Gasteiger partial charge in [0, 0.05) is 12.8 Å². The fourth-order valence-electron chi connectivity index (χ4n) is 7.77. The highest BCUT2D eigenvalue weighted by molar-refractivity contribution is 5.70. The van der Waals surface area contributed by atoms with E-state index in [0.717, 1.165) is 38.5 Å². The molecule has 0 fully saturated rings. The number of aliphatic carboxylic acids is 1. The minimum Gasteiger partial charge on any atom is -0.545 e. The third-order valence-electron chi connectivity index (χ3n) is 11.9. The molecule has 0 bridgehead atoms. The smallest absolute Gasteiger partial charge is 0.306 e. The largest absolute Gasteiger partial charge is 0.545 e. The molecule has 0 aliphatic rings. The van der Waals surface area contributed by atoms with Crippen molar-refractivity contribution >= 4 is 17.9 Å². The fourth-order valence-corrected chi connectivity index (χ4v) is 7.77. The molecule has 0 rings (SSSR count). The highest BCUT2D eigenvalue weighted by atomic mass is 16.7. The van der Waals surface area contributed by atoms with Gasteiger partial charge in [-0.2, -0.15) is 0 Å². The number of nitrogens with zero attached hydrogens (tertiary/aromatic N) is 1. The normalized spacial score (nSPS) is 12.7. The van der Waals surface area contributed by atoms with Crippen LogP contribution in [0.15, 0.2) is 0 Å². The zero-order valence-electron chi connectivity index (χ0n) is 41.1. The van der Waals surface area contributed by atoms with Gasteiger partial charge in [-0.25, -0.2) is 0 Å². The lowest BCUT2D eigenvalue weighted by atomic mass is 10.0. The zero-order chi connectivity index (χ0) is 44.9. The van der Waals surface area contributed by atoms with E-state index in [0.29, 0.717) is 17.4 Å². The molecule has 0 spiro atoms. The predicted molar refractivity (Wildman–Crippen MR) is 251 cm³/mol. The molecule has 0 saturated heterocycles. The summed E-state index contributed by atoms with van der Waals surface area (Å²) in [5.41, 5.74) is 0. The van der Waals surface area contributed by atoms with Gasteiger partial charge in [0.2, 0.25) is 0 Å². The second kappa shape index (κ2) is 44.9. The quantitative estimate of drug-likeness (QED) is 0.0257. The van der Waals surface area contributed by atoms with Crippen LogP contribution < -0.4 is 5.11 Å². The van der Waals surface area contributed by atoms with E-state index in [9.17, 15) is 19.5 Å². The maximum absolute atomic E-state index is 12.8. The van der Waals surface area contributed by atoms with Gasteiger partial charge in [0.25, 0.3) is 0 Å². The number of ether oxygens (including phenoxy) is 4. The molecule has 0 aromatic rings. The summed E-state index contributed by atoms with van der Waals surface area (Å²) in [5.74, 6) is -2.26. The Balaban J connectivity index is 4.26. The van der Waals surface area contributed by atoms with Gasteiger partial charge in [0.05, 0.1) is 40.3 Å². The third kappa shape index (κ3) is 46.1. The van der Waals surface area contributed by atoms with Crippen LogP contribution in [0.2, 0.25) is 0 Å². The molecule has 0 heterocycles. The van der Waals surface area contributed by atoms with Crippen molar-refractivity contribution in [1.29, 1.82) is 0 Å². The van der Waals surface area contributed by atoms with E-state index in [1.807, 2.05) is 21.1 Å². The van der Waals surface area contributed by atoms with Crippen LogP contribution in [0, 0.1) is 0 Å². The Morgan fingerprint density at radius 3 is 1.05 bits per heavy atom. The third-order valence-corrected chi connectivity index (χ3v) is 11.9. The number of likely N-dealkylation sites (N-methyl/N-ethyl adjacent to an activating group) is 1. The fraction of sp³-hybridized carbons (Fsp3) is 0.942. The zero-order valence-corrected chi connectivity index (χ0v) is 41.1. The van der Waals surface area contributed by atoms with E-state index in [1.165, 1.54) is 193 Å². The van der Waals surface area contributed by atoms with Gasteiger partial charge in [0.15, 0.2) is 12.4 Å². The van der Waals surface area contributed by atoms with Gasteiger partial charge in [-0.3, -0.25) is 9.59 Å². The van der Waals surface area contributed by atoms with Gasteiger partial charge in [-0.05, 0) is 12.8 Å². The second-order valence-electron chi connectivity index (χ2n) is 19.2. The molecule has 2 unspecified atom stereocenters. The van der Waals surface area contributed by atoms with Gasteiger partial charge in [-0.1, -0.05) is 232 Å². The van der Waals surface area contributed by atoms with Crippen LogP contribution in [0.25, 0.3) is 0 Å². The molecule has 0 aromatic carbocycles. The summed E-state index contributed by atoms with van der Waals surface area (Å²) in [4.78, 5) is 37.1. The second-order valence-corrected chi connectivity index (χ2v) is 19.2. The molecule has 0 aromatic heterocycles. The summed E-state index contributed by atoms with van der Waals surface area (Å²) >= 11 is 0. The molecule has 2 atom stereocenters. The molecule has 0 amide bonds. The molecule has 0 N–H and O–H groups in total. The maximum Gasteiger partial charge on any atom is 0.306 e. The summed E-state index contributed by atoms with van der Waals surface area (Å²) in [7, 11) is 5.93. The van der Waals surface area contributed by atoms with Crippen molar-refractivity contribution < 1.29 is 42.9 Å². The van der Waals surface area contributed by atoms with E-state index in [1.54, 1.807) is 0 Å².